The van der Waals surface area contributed by atoms with Crippen molar-refractivity contribution in [1.29, 1.82) is 0 Å². The van der Waals surface area contributed by atoms with Gasteiger partial charge in [-0.05, 0) is 68.9 Å². The summed E-state index contributed by atoms with van der Waals surface area (Å²) in [5, 5.41) is 4.07. The van der Waals surface area contributed by atoms with Crippen LogP contribution in [0.1, 0.15) is 51.1 Å². The van der Waals surface area contributed by atoms with Gasteiger partial charge in [0.25, 0.3) is 0 Å². The quantitative estimate of drug-likeness (QED) is 0.238. The molecule has 1 fully saturated rings. The zero-order valence-electron chi connectivity index (χ0n) is 25.0. The molecule has 0 aliphatic heterocycles. The second-order valence-corrected chi connectivity index (χ2v) is 13.6. The van der Waals surface area contributed by atoms with E-state index in [0.717, 1.165) is 27.7 Å². The average molecular weight is 602 g/mol. The number of nitrogens with zero attached hydrogens (tertiary/aromatic N) is 1. The second kappa shape index (κ2) is 12.3. The van der Waals surface area contributed by atoms with Crippen molar-refractivity contribution in [2.75, 3.05) is 7.11 Å². The molecule has 1 heterocycles. The van der Waals surface area contributed by atoms with Gasteiger partial charge < -0.3 is 14.6 Å². The molecule has 0 radical (unpaired) electrons. The third-order valence-electron chi connectivity index (χ3n) is 8.67. The van der Waals surface area contributed by atoms with E-state index in [1.807, 2.05) is 78.3 Å². The fourth-order valence-corrected chi connectivity index (χ4v) is 7.42. The highest BCUT2D eigenvalue weighted by Crippen LogP contribution is 2.36. The van der Waals surface area contributed by atoms with Crippen LogP contribution in [0.2, 0.25) is 0 Å². The number of methoxy groups -OCH3 is 1. The summed E-state index contributed by atoms with van der Waals surface area (Å²) in [6, 6.07) is 25.8. The van der Waals surface area contributed by atoms with Crippen molar-refractivity contribution < 1.29 is 22.7 Å². The standard InChI is InChI=1S/C34H39N3O5S/c1-34(2,33(39)42-4)31(24-13-9-6-10-14-24)35-32(38)25-15-18-27(19-16-25)36-43(40,41)28-20-17-26-21-29(37(3)30(26)22-28)23-11-7-5-8-12-23/h5-14,17,20-22,25,27,31,36H,15-16,18-19H2,1-4H3,(H,35,38). The molecule has 1 unspecified atom stereocenters. The molecule has 0 bridgehead atoms. The van der Waals surface area contributed by atoms with Crippen LogP contribution in [0.3, 0.4) is 0 Å². The molecule has 9 heteroatoms. The predicted molar refractivity (Wildman–Crippen MR) is 168 cm³/mol. The van der Waals surface area contributed by atoms with Crippen LogP contribution in [-0.2, 0) is 31.4 Å². The maximum absolute atomic E-state index is 13.4. The van der Waals surface area contributed by atoms with Gasteiger partial charge in [-0.2, -0.15) is 0 Å². The van der Waals surface area contributed by atoms with Crippen molar-refractivity contribution in [2.45, 2.75) is 56.5 Å². The van der Waals surface area contributed by atoms with E-state index in [2.05, 4.69) is 16.1 Å². The van der Waals surface area contributed by atoms with E-state index in [1.165, 1.54) is 7.11 Å². The van der Waals surface area contributed by atoms with E-state index in [1.54, 1.807) is 26.0 Å². The lowest BCUT2D eigenvalue weighted by Crippen LogP contribution is -2.46. The van der Waals surface area contributed by atoms with Gasteiger partial charge in [0.1, 0.15) is 0 Å². The number of aryl methyl sites for hydroxylation is 1. The third-order valence-corrected chi connectivity index (χ3v) is 10.2. The molecule has 0 spiro atoms. The number of aromatic nitrogens is 1. The number of esters is 1. The third kappa shape index (κ3) is 6.38. The molecule has 1 aromatic heterocycles. The van der Waals surface area contributed by atoms with Crippen LogP contribution in [0, 0.1) is 11.3 Å². The van der Waals surface area contributed by atoms with E-state index < -0.39 is 27.4 Å². The Bertz CT molecular complexity index is 1710. The number of fused-ring (bicyclic) bond motifs is 1. The first-order valence-corrected chi connectivity index (χ1v) is 16.1. The van der Waals surface area contributed by atoms with Crippen molar-refractivity contribution in [2.24, 2.45) is 18.4 Å². The fraction of sp³-hybridized carbons (Fsp3) is 0.353. The highest BCUT2D eigenvalue weighted by Gasteiger charge is 2.41. The van der Waals surface area contributed by atoms with Gasteiger partial charge in [0.05, 0.1) is 23.5 Å². The van der Waals surface area contributed by atoms with Crippen molar-refractivity contribution in [3.05, 3.63) is 90.5 Å². The van der Waals surface area contributed by atoms with Crippen LogP contribution in [0.15, 0.2) is 89.8 Å². The Kier molecular flexibility index (Phi) is 8.76. The number of carbonyl (C=O) groups excluding carboxylic acids is 2. The topological polar surface area (TPSA) is 106 Å². The maximum Gasteiger partial charge on any atom is 0.313 e. The molecule has 1 aliphatic carbocycles. The Morgan fingerprint density at radius 2 is 1.53 bits per heavy atom. The molecule has 4 aromatic rings. The SMILES string of the molecule is COC(=O)C(C)(C)C(NC(=O)C1CCC(NS(=O)(=O)c2ccc3cc(-c4ccccc4)n(C)c3c2)CC1)c1ccccc1. The van der Waals surface area contributed by atoms with Crippen molar-refractivity contribution in [1.82, 2.24) is 14.6 Å². The van der Waals surface area contributed by atoms with Gasteiger partial charge in [-0.3, -0.25) is 9.59 Å². The van der Waals surface area contributed by atoms with Crippen LogP contribution in [0.5, 0.6) is 0 Å². The summed E-state index contributed by atoms with van der Waals surface area (Å²) in [4.78, 5) is 26.2. The molecule has 43 heavy (non-hydrogen) atoms. The minimum absolute atomic E-state index is 0.143. The molecule has 0 saturated heterocycles. The van der Waals surface area contributed by atoms with Crippen LogP contribution >= 0.6 is 0 Å². The van der Waals surface area contributed by atoms with E-state index in [9.17, 15) is 18.0 Å². The van der Waals surface area contributed by atoms with Gasteiger partial charge in [0, 0.05) is 35.6 Å². The molecule has 1 amide bonds. The Morgan fingerprint density at radius 3 is 2.16 bits per heavy atom. The van der Waals surface area contributed by atoms with Crippen LogP contribution in [0.4, 0.5) is 0 Å². The number of amides is 1. The van der Waals surface area contributed by atoms with Crippen molar-refractivity contribution in [3.8, 4) is 11.3 Å². The molecular weight excluding hydrogens is 562 g/mol. The normalized spacial score (nSPS) is 18.2. The zero-order chi connectivity index (χ0) is 30.8. The molecule has 5 rings (SSSR count). The molecule has 1 saturated carbocycles. The highest BCUT2D eigenvalue weighted by molar-refractivity contribution is 7.89. The number of nitrogens with one attached hydrogen (secondary N) is 2. The summed E-state index contributed by atoms with van der Waals surface area (Å²) in [7, 11) is -0.480. The first kappa shape index (κ1) is 30.5. The number of carbonyl (C=O) groups is 2. The second-order valence-electron chi connectivity index (χ2n) is 11.9. The van der Waals surface area contributed by atoms with E-state index in [4.69, 9.17) is 4.74 Å². The first-order valence-electron chi connectivity index (χ1n) is 14.6. The minimum atomic E-state index is -3.76. The van der Waals surface area contributed by atoms with Gasteiger partial charge in [0.15, 0.2) is 0 Å². The van der Waals surface area contributed by atoms with Gasteiger partial charge in [-0.1, -0.05) is 66.7 Å². The summed E-state index contributed by atoms with van der Waals surface area (Å²) in [6.07, 6.45) is 2.16. The Hall–Kier alpha value is -3.95. The van der Waals surface area contributed by atoms with Crippen molar-refractivity contribution >= 4 is 32.8 Å². The lowest BCUT2D eigenvalue weighted by molar-refractivity contribution is -0.153. The molecule has 1 atom stereocenters. The average Bonchev–Trinajstić information content (AvgIpc) is 3.35. The Balaban J connectivity index is 1.25. The monoisotopic (exact) mass is 601 g/mol. The van der Waals surface area contributed by atoms with Gasteiger partial charge in [0.2, 0.25) is 15.9 Å². The summed E-state index contributed by atoms with van der Waals surface area (Å²) < 4.78 is 36.7. The lowest BCUT2D eigenvalue weighted by atomic mass is 9.79. The summed E-state index contributed by atoms with van der Waals surface area (Å²) in [5.41, 5.74) is 2.75. The van der Waals surface area contributed by atoms with Gasteiger partial charge >= 0.3 is 5.97 Å². The molecule has 3 aromatic carbocycles. The van der Waals surface area contributed by atoms with Gasteiger partial charge in [-0.25, -0.2) is 13.1 Å². The van der Waals surface area contributed by atoms with E-state index >= 15 is 0 Å². The number of ether oxygens (including phenoxy) is 1. The molecule has 1 aliphatic rings. The first-order chi connectivity index (χ1) is 20.5. The molecule has 226 valence electrons. The largest absolute Gasteiger partial charge is 0.469 e. The minimum Gasteiger partial charge on any atom is -0.469 e. The molecular formula is C34H39N3O5S. The molecule has 8 nitrogen and oxygen atoms in total. The van der Waals surface area contributed by atoms with Gasteiger partial charge in [-0.15, -0.1) is 0 Å². The summed E-state index contributed by atoms with van der Waals surface area (Å²) >= 11 is 0. The summed E-state index contributed by atoms with van der Waals surface area (Å²) in [6.45, 7) is 3.52. The Labute approximate surface area is 253 Å². The van der Waals surface area contributed by atoms with E-state index in [0.29, 0.717) is 25.7 Å². The number of hydrogen-bond donors (Lipinski definition) is 2. The van der Waals surface area contributed by atoms with Crippen LogP contribution in [0.25, 0.3) is 22.2 Å². The van der Waals surface area contributed by atoms with Crippen LogP contribution in [-0.4, -0.2) is 38.0 Å². The number of benzene rings is 3. The highest BCUT2D eigenvalue weighted by atomic mass is 32.2. The van der Waals surface area contributed by atoms with Crippen molar-refractivity contribution in [3.63, 3.8) is 0 Å². The number of hydrogen-bond acceptors (Lipinski definition) is 5. The zero-order valence-corrected chi connectivity index (χ0v) is 25.9. The fourth-order valence-electron chi connectivity index (χ4n) is 6.09. The van der Waals surface area contributed by atoms with E-state index in [-0.39, 0.29) is 22.8 Å². The predicted octanol–water partition coefficient (Wildman–Crippen LogP) is 5.74. The maximum atomic E-state index is 13.4. The van der Waals surface area contributed by atoms with Crippen LogP contribution < -0.4 is 10.0 Å². The lowest BCUT2D eigenvalue weighted by Gasteiger charge is -2.35. The number of rotatable bonds is 9. The smallest absolute Gasteiger partial charge is 0.313 e. The molecule has 2 N–H and O–H groups in total. The Morgan fingerprint density at radius 1 is 0.907 bits per heavy atom. The summed E-state index contributed by atoms with van der Waals surface area (Å²) in [5.74, 6) is -0.836. The number of sulfonamides is 1.